The molecule has 0 saturated carbocycles. The highest BCUT2D eigenvalue weighted by Gasteiger charge is 2.20. The van der Waals surface area contributed by atoms with Crippen LogP contribution in [-0.2, 0) is 16.6 Å². The molecule has 0 aliphatic carbocycles. The summed E-state index contributed by atoms with van der Waals surface area (Å²) < 4.78 is 34.7. The summed E-state index contributed by atoms with van der Waals surface area (Å²) >= 11 is 5.70. The van der Waals surface area contributed by atoms with Crippen molar-refractivity contribution in [1.29, 1.82) is 0 Å². The van der Waals surface area contributed by atoms with Gasteiger partial charge in [-0.1, -0.05) is 6.07 Å². The van der Waals surface area contributed by atoms with Gasteiger partial charge in [-0.15, -0.1) is 15.5 Å². The van der Waals surface area contributed by atoms with Gasteiger partial charge in [0, 0.05) is 24.7 Å². The minimum absolute atomic E-state index is 0.280. The molecule has 0 saturated heterocycles. The van der Waals surface area contributed by atoms with Crippen molar-refractivity contribution < 1.29 is 12.3 Å². The summed E-state index contributed by atoms with van der Waals surface area (Å²) in [4.78, 5) is 1.72. The van der Waals surface area contributed by atoms with Crippen LogP contribution >= 0.6 is 11.6 Å². The second kappa shape index (κ2) is 4.82. The van der Waals surface area contributed by atoms with Gasteiger partial charge in [0.15, 0.2) is 0 Å². The molecule has 2 rings (SSSR count). The van der Waals surface area contributed by atoms with Crippen LogP contribution in [0.1, 0.15) is 12.0 Å². The number of halogens is 2. The van der Waals surface area contributed by atoms with Gasteiger partial charge in [-0.05, 0) is 30.5 Å². The lowest BCUT2D eigenvalue weighted by Crippen LogP contribution is -2.31. The number of nitrogens with zero attached hydrogens (tertiary/aromatic N) is 1. The molecule has 1 aromatic rings. The van der Waals surface area contributed by atoms with E-state index in [2.05, 4.69) is 0 Å². The summed E-state index contributed by atoms with van der Waals surface area (Å²) in [5, 5.41) is 0. The van der Waals surface area contributed by atoms with Crippen LogP contribution in [0.2, 0.25) is 0 Å². The molecule has 6 heteroatoms. The van der Waals surface area contributed by atoms with Gasteiger partial charge < -0.3 is 4.90 Å². The monoisotopic (exact) mass is 277 g/mol. The summed E-state index contributed by atoms with van der Waals surface area (Å²) in [5.74, 6) is 0.464. The molecule has 0 N–H and O–H groups in total. The topological polar surface area (TPSA) is 37.4 Å². The number of rotatable bonds is 3. The lowest BCUT2D eigenvalue weighted by Gasteiger charge is -2.30. The number of hydrogen-bond donors (Lipinski definition) is 0. The first kappa shape index (κ1) is 12.6. The average Bonchev–Trinajstić information content (AvgIpc) is 2.28. The number of aryl methyl sites for hydroxylation is 1. The van der Waals surface area contributed by atoms with Crippen LogP contribution in [0.3, 0.4) is 0 Å². The Morgan fingerprint density at radius 3 is 2.82 bits per heavy atom. The standard InChI is InChI=1S/C11H13ClFNO2S/c12-5-7-14-6-1-2-9-3-4-10(8-11(9)14)17(13,15)16/h3-4,8H,1-2,5-7H2. The minimum Gasteiger partial charge on any atom is -0.370 e. The minimum atomic E-state index is -4.63. The van der Waals surface area contributed by atoms with E-state index in [1.807, 2.05) is 4.90 Å². The van der Waals surface area contributed by atoms with Crippen molar-refractivity contribution in [2.45, 2.75) is 17.7 Å². The van der Waals surface area contributed by atoms with E-state index in [0.717, 1.165) is 30.6 Å². The van der Waals surface area contributed by atoms with Gasteiger partial charge in [0.25, 0.3) is 0 Å². The van der Waals surface area contributed by atoms with Crippen molar-refractivity contribution in [3.05, 3.63) is 23.8 Å². The molecule has 1 aromatic carbocycles. The molecule has 0 radical (unpaired) electrons. The maximum Gasteiger partial charge on any atom is 0.332 e. The van der Waals surface area contributed by atoms with Crippen molar-refractivity contribution in [1.82, 2.24) is 0 Å². The Morgan fingerprint density at radius 1 is 1.41 bits per heavy atom. The molecule has 0 amide bonds. The van der Waals surface area contributed by atoms with Gasteiger partial charge in [-0.3, -0.25) is 0 Å². The second-order valence-electron chi connectivity index (χ2n) is 4.01. The van der Waals surface area contributed by atoms with E-state index in [1.165, 1.54) is 12.1 Å². The zero-order valence-electron chi connectivity index (χ0n) is 9.20. The smallest absolute Gasteiger partial charge is 0.332 e. The number of benzene rings is 1. The third-order valence-corrected chi connectivity index (χ3v) is 3.89. The highest BCUT2D eigenvalue weighted by Crippen LogP contribution is 2.30. The fraction of sp³-hybridized carbons (Fsp3) is 0.455. The molecular weight excluding hydrogens is 265 g/mol. The third-order valence-electron chi connectivity index (χ3n) is 2.91. The molecule has 94 valence electrons. The predicted octanol–water partition coefficient (Wildman–Crippen LogP) is 2.34. The van der Waals surface area contributed by atoms with Crippen LogP contribution in [0, 0.1) is 0 Å². The fourth-order valence-corrected chi connectivity index (χ4v) is 2.80. The Bertz CT molecular complexity index is 518. The normalized spacial score (nSPS) is 15.8. The molecule has 0 unspecified atom stereocenters. The van der Waals surface area contributed by atoms with Crippen LogP contribution < -0.4 is 4.90 Å². The SMILES string of the molecule is O=S(=O)(F)c1ccc2c(c1)N(CCCl)CCC2. The van der Waals surface area contributed by atoms with Crippen molar-refractivity contribution in [2.24, 2.45) is 0 Å². The van der Waals surface area contributed by atoms with Gasteiger partial charge in [0.1, 0.15) is 4.90 Å². The average molecular weight is 278 g/mol. The summed E-state index contributed by atoms with van der Waals surface area (Å²) in [6.45, 7) is 1.47. The van der Waals surface area contributed by atoms with E-state index in [0.29, 0.717) is 12.4 Å². The molecule has 1 aliphatic rings. The summed E-state index contributed by atoms with van der Waals surface area (Å²) in [6.07, 6.45) is 1.90. The van der Waals surface area contributed by atoms with E-state index in [1.54, 1.807) is 6.07 Å². The van der Waals surface area contributed by atoms with Crippen LogP contribution in [0.25, 0.3) is 0 Å². The van der Waals surface area contributed by atoms with Crippen LogP contribution in [0.5, 0.6) is 0 Å². The van der Waals surface area contributed by atoms with Crippen LogP contribution in [-0.4, -0.2) is 27.4 Å². The second-order valence-corrected chi connectivity index (χ2v) is 5.73. The number of fused-ring (bicyclic) bond motifs is 1. The van der Waals surface area contributed by atoms with E-state index >= 15 is 0 Å². The van der Waals surface area contributed by atoms with Gasteiger partial charge in [-0.2, -0.15) is 8.42 Å². The van der Waals surface area contributed by atoms with Crippen LogP contribution in [0.4, 0.5) is 9.57 Å². The Balaban J connectivity index is 2.44. The Hall–Kier alpha value is -0.810. The van der Waals surface area contributed by atoms with Gasteiger partial charge in [0.2, 0.25) is 0 Å². The first-order valence-corrected chi connectivity index (χ1v) is 7.32. The van der Waals surface area contributed by atoms with E-state index in [9.17, 15) is 12.3 Å². The lowest BCUT2D eigenvalue weighted by atomic mass is 10.0. The summed E-state index contributed by atoms with van der Waals surface area (Å²) in [5.41, 5.74) is 1.84. The zero-order chi connectivity index (χ0) is 12.5. The number of anilines is 1. The highest BCUT2D eigenvalue weighted by molar-refractivity contribution is 7.86. The van der Waals surface area contributed by atoms with Gasteiger partial charge in [-0.25, -0.2) is 0 Å². The van der Waals surface area contributed by atoms with Gasteiger partial charge in [0.05, 0.1) is 0 Å². The molecule has 0 spiro atoms. The van der Waals surface area contributed by atoms with Crippen molar-refractivity contribution in [3.8, 4) is 0 Å². The lowest BCUT2D eigenvalue weighted by molar-refractivity contribution is 0.552. The molecule has 0 aromatic heterocycles. The Kier molecular flexibility index (Phi) is 3.58. The summed E-state index contributed by atoms with van der Waals surface area (Å²) in [7, 11) is -4.63. The fourth-order valence-electron chi connectivity index (χ4n) is 2.12. The van der Waals surface area contributed by atoms with E-state index in [-0.39, 0.29) is 4.90 Å². The van der Waals surface area contributed by atoms with Crippen LogP contribution in [0.15, 0.2) is 23.1 Å². The molecule has 0 bridgehead atoms. The first-order chi connectivity index (χ1) is 8.02. The number of hydrogen-bond acceptors (Lipinski definition) is 3. The quantitative estimate of drug-likeness (QED) is 0.629. The maximum atomic E-state index is 12.9. The van der Waals surface area contributed by atoms with Crippen molar-refractivity contribution in [2.75, 3.05) is 23.9 Å². The molecule has 1 heterocycles. The van der Waals surface area contributed by atoms with E-state index < -0.39 is 10.2 Å². The zero-order valence-corrected chi connectivity index (χ0v) is 10.8. The molecule has 17 heavy (non-hydrogen) atoms. The Morgan fingerprint density at radius 2 is 2.18 bits per heavy atom. The largest absolute Gasteiger partial charge is 0.370 e. The van der Waals surface area contributed by atoms with Crippen molar-refractivity contribution >= 4 is 27.5 Å². The molecule has 3 nitrogen and oxygen atoms in total. The molecule has 0 atom stereocenters. The maximum absolute atomic E-state index is 12.9. The van der Waals surface area contributed by atoms with Gasteiger partial charge >= 0.3 is 10.2 Å². The first-order valence-electron chi connectivity index (χ1n) is 5.41. The van der Waals surface area contributed by atoms with Crippen molar-refractivity contribution in [3.63, 3.8) is 0 Å². The predicted molar refractivity (Wildman–Crippen MR) is 66.0 cm³/mol. The molecule has 1 aliphatic heterocycles. The highest BCUT2D eigenvalue weighted by atomic mass is 35.5. The third kappa shape index (κ3) is 2.72. The summed E-state index contributed by atoms with van der Waals surface area (Å²) in [6, 6.07) is 4.40. The number of alkyl halides is 1. The Labute approximate surface area is 105 Å². The molecule has 0 fully saturated rings. The van der Waals surface area contributed by atoms with E-state index in [4.69, 9.17) is 11.6 Å². The molecular formula is C11H13ClFNO2S.